The Morgan fingerprint density at radius 1 is 1.09 bits per heavy atom. The predicted octanol–water partition coefficient (Wildman–Crippen LogP) is 5.20. The molecule has 33 heavy (non-hydrogen) atoms. The van der Waals surface area contributed by atoms with Crippen molar-refractivity contribution in [1.29, 1.82) is 0 Å². The number of carbonyl (C=O) groups is 2. The lowest BCUT2D eigenvalue weighted by molar-refractivity contribution is -0.130. The monoisotopic (exact) mass is 443 g/mol. The number of ketones is 1. The van der Waals surface area contributed by atoms with Crippen molar-refractivity contribution in [1.82, 2.24) is 4.90 Å². The van der Waals surface area contributed by atoms with Crippen LogP contribution in [0.15, 0.2) is 93.2 Å². The van der Waals surface area contributed by atoms with Gasteiger partial charge in [0.05, 0.1) is 31.0 Å². The van der Waals surface area contributed by atoms with E-state index < -0.39 is 23.5 Å². The fraction of sp³-hybridized carbons (Fsp3) is 0.154. The van der Waals surface area contributed by atoms with Crippen molar-refractivity contribution in [3.8, 4) is 5.75 Å². The Hall–Kier alpha value is -4.26. The number of carbonyl (C=O) groups excluding carboxylic acids is 2. The van der Waals surface area contributed by atoms with E-state index in [-0.39, 0.29) is 17.9 Å². The van der Waals surface area contributed by atoms with Gasteiger partial charge in [-0.15, -0.1) is 0 Å². The number of aliphatic hydroxyl groups is 1. The first kappa shape index (κ1) is 20.6. The largest absolute Gasteiger partial charge is 0.503 e. The second kappa shape index (κ2) is 8.35. The number of ether oxygens (including phenoxy) is 1. The third kappa shape index (κ3) is 3.67. The zero-order valence-electron chi connectivity index (χ0n) is 17.9. The van der Waals surface area contributed by atoms with E-state index in [2.05, 4.69) is 0 Å². The number of hydrogen-bond donors (Lipinski definition) is 1. The number of fused-ring (bicyclic) bond motifs is 1. The van der Waals surface area contributed by atoms with Crippen LogP contribution >= 0.6 is 0 Å². The highest BCUT2D eigenvalue weighted by atomic mass is 16.5. The molecule has 1 aliphatic heterocycles. The Labute approximate surface area is 189 Å². The van der Waals surface area contributed by atoms with Crippen LogP contribution in [0.1, 0.15) is 34.8 Å². The Morgan fingerprint density at radius 2 is 1.88 bits per heavy atom. The van der Waals surface area contributed by atoms with Crippen molar-refractivity contribution < 1.29 is 28.3 Å². The molecule has 7 nitrogen and oxygen atoms in total. The Bertz CT molecular complexity index is 1310. The topological polar surface area (TPSA) is 93.1 Å². The van der Waals surface area contributed by atoms with E-state index in [4.69, 9.17) is 13.6 Å². The van der Waals surface area contributed by atoms with Gasteiger partial charge in [-0.05, 0) is 48.9 Å². The first-order valence-electron chi connectivity index (χ1n) is 10.6. The van der Waals surface area contributed by atoms with Crippen LogP contribution in [-0.4, -0.2) is 28.3 Å². The predicted molar refractivity (Wildman–Crippen MR) is 120 cm³/mol. The van der Waals surface area contributed by atoms with Crippen molar-refractivity contribution in [3.05, 3.63) is 101 Å². The lowest BCUT2D eigenvalue weighted by atomic mass is 9.95. The first-order chi connectivity index (χ1) is 16.1. The molecule has 0 saturated carbocycles. The van der Waals surface area contributed by atoms with E-state index in [1.807, 2.05) is 25.1 Å². The maximum atomic E-state index is 13.5. The van der Waals surface area contributed by atoms with E-state index in [9.17, 15) is 14.7 Å². The van der Waals surface area contributed by atoms with Gasteiger partial charge in [0, 0.05) is 5.39 Å². The third-order valence-corrected chi connectivity index (χ3v) is 5.61. The molecule has 5 rings (SSSR count). The number of Topliss-reactive ketones (excluding diaryl/α,β-unsaturated/α-hetero) is 1. The molecular formula is C26H21NO6. The van der Waals surface area contributed by atoms with Gasteiger partial charge in [0.1, 0.15) is 17.1 Å². The molecule has 2 aromatic carbocycles. The quantitative estimate of drug-likeness (QED) is 0.395. The van der Waals surface area contributed by atoms with Gasteiger partial charge in [-0.2, -0.15) is 0 Å². The Morgan fingerprint density at radius 3 is 2.58 bits per heavy atom. The van der Waals surface area contributed by atoms with Gasteiger partial charge >= 0.3 is 0 Å². The minimum absolute atomic E-state index is 0.0326. The smallest absolute Gasteiger partial charge is 0.290 e. The van der Waals surface area contributed by atoms with Crippen LogP contribution in [0, 0.1) is 0 Å². The molecule has 3 heterocycles. The van der Waals surface area contributed by atoms with Gasteiger partial charge in [0.2, 0.25) is 5.78 Å². The van der Waals surface area contributed by atoms with Gasteiger partial charge in [0.15, 0.2) is 11.5 Å². The molecule has 4 aromatic rings. The van der Waals surface area contributed by atoms with Crippen LogP contribution in [-0.2, 0) is 11.3 Å². The SMILES string of the molecule is CCOc1ccc([C@H]2C(C(=O)c3cc4ccccc4o3)=C(O)C(=O)N2Cc2ccco2)cc1. The number of aliphatic hydroxyl groups excluding tert-OH is 1. The molecule has 0 spiro atoms. The van der Waals surface area contributed by atoms with Crippen LogP contribution in [0.2, 0.25) is 0 Å². The highest BCUT2D eigenvalue weighted by Crippen LogP contribution is 2.41. The number of rotatable bonds is 7. The number of furan rings is 2. The van der Waals surface area contributed by atoms with Crippen LogP contribution in [0.3, 0.4) is 0 Å². The molecule has 0 saturated heterocycles. The van der Waals surface area contributed by atoms with Crippen molar-refractivity contribution in [2.75, 3.05) is 6.61 Å². The van der Waals surface area contributed by atoms with Crippen LogP contribution in [0.25, 0.3) is 11.0 Å². The molecule has 1 aliphatic rings. The van der Waals surface area contributed by atoms with Gasteiger partial charge in [-0.3, -0.25) is 9.59 Å². The van der Waals surface area contributed by atoms with Gasteiger partial charge in [-0.1, -0.05) is 30.3 Å². The van der Waals surface area contributed by atoms with Crippen LogP contribution in [0.4, 0.5) is 0 Å². The van der Waals surface area contributed by atoms with Crippen molar-refractivity contribution in [2.45, 2.75) is 19.5 Å². The molecule has 166 valence electrons. The number of hydrogen-bond acceptors (Lipinski definition) is 6. The number of nitrogens with zero attached hydrogens (tertiary/aromatic N) is 1. The molecule has 7 heteroatoms. The standard InChI is InChI=1S/C26H21NO6/c1-2-31-18-11-9-16(10-12-18)23-22(24(28)21-14-17-6-3-4-8-20(17)33-21)25(29)26(30)27(23)15-19-7-5-13-32-19/h3-14,23,29H,2,15H2,1H3/t23-/m0/s1. The molecule has 0 bridgehead atoms. The van der Waals surface area contributed by atoms with Crippen LogP contribution in [0.5, 0.6) is 5.75 Å². The second-order valence-corrected chi connectivity index (χ2v) is 7.66. The fourth-order valence-electron chi connectivity index (χ4n) is 4.11. The molecule has 0 radical (unpaired) electrons. The second-order valence-electron chi connectivity index (χ2n) is 7.66. The summed E-state index contributed by atoms with van der Waals surface area (Å²) in [6, 6.07) is 18.6. The summed E-state index contributed by atoms with van der Waals surface area (Å²) in [5.74, 6) is -0.527. The summed E-state index contributed by atoms with van der Waals surface area (Å²) in [5.41, 5.74) is 1.17. The summed E-state index contributed by atoms with van der Waals surface area (Å²) in [6.07, 6.45) is 1.51. The molecule has 1 atom stereocenters. The zero-order valence-corrected chi connectivity index (χ0v) is 17.9. The molecule has 0 unspecified atom stereocenters. The average Bonchev–Trinajstić information content (AvgIpc) is 3.55. The van der Waals surface area contributed by atoms with Gasteiger partial charge in [-0.25, -0.2) is 0 Å². The molecule has 1 amide bonds. The number of benzene rings is 2. The highest BCUT2D eigenvalue weighted by Gasteiger charge is 2.44. The Balaban J connectivity index is 1.58. The summed E-state index contributed by atoms with van der Waals surface area (Å²) in [5, 5.41) is 11.6. The minimum Gasteiger partial charge on any atom is -0.503 e. The average molecular weight is 443 g/mol. The molecule has 1 N–H and O–H groups in total. The molecule has 0 aliphatic carbocycles. The lowest BCUT2D eigenvalue weighted by Gasteiger charge is -2.26. The van der Waals surface area contributed by atoms with Gasteiger partial charge in [0.25, 0.3) is 5.91 Å². The molecule has 2 aromatic heterocycles. The number of amides is 1. The van der Waals surface area contributed by atoms with Crippen molar-refractivity contribution in [3.63, 3.8) is 0 Å². The summed E-state index contributed by atoms with van der Waals surface area (Å²) >= 11 is 0. The summed E-state index contributed by atoms with van der Waals surface area (Å²) in [4.78, 5) is 28.0. The Kier molecular flexibility index (Phi) is 5.22. The van der Waals surface area contributed by atoms with E-state index in [1.54, 1.807) is 48.5 Å². The summed E-state index contributed by atoms with van der Waals surface area (Å²) in [6.45, 7) is 2.49. The molecular weight excluding hydrogens is 422 g/mol. The zero-order chi connectivity index (χ0) is 22.9. The van der Waals surface area contributed by atoms with Crippen LogP contribution < -0.4 is 4.74 Å². The van der Waals surface area contributed by atoms with Gasteiger partial charge < -0.3 is 23.6 Å². The maximum absolute atomic E-state index is 13.5. The fourth-order valence-corrected chi connectivity index (χ4v) is 4.11. The van der Waals surface area contributed by atoms with E-state index >= 15 is 0 Å². The highest BCUT2D eigenvalue weighted by molar-refractivity contribution is 6.16. The van der Waals surface area contributed by atoms with Crippen molar-refractivity contribution >= 4 is 22.7 Å². The van der Waals surface area contributed by atoms with E-state index in [1.165, 1.54) is 11.2 Å². The van der Waals surface area contributed by atoms with E-state index in [0.29, 0.717) is 29.3 Å². The molecule has 0 fully saturated rings. The summed E-state index contributed by atoms with van der Waals surface area (Å²) in [7, 11) is 0. The summed E-state index contributed by atoms with van der Waals surface area (Å²) < 4.78 is 16.7. The maximum Gasteiger partial charge on any atom is 0.290 e. The third-order valence-electron chi connectivity index (χ3n) is 5.61. The van der Waals surface area contributed by atoms with Crippen molar-refractivity contribution in [2.24, 2.45) is 0 Å². The minimum atomic E-state index is -0.820. The van der Waals surface area contributed by atoms with E-state index in [0.717, 1.165) is 5.39 Å². The first-order valence-corrected chi connectivity index (χ1v) is 10.6. The number of para-hydroxylation sites is 1. The normalized spacial score (nSPS) is 16.1. The lowest BCUT2D eigenvalue weighted by Crippen LogP contribution is -2.30.